The van der Waals surface area contributed by atoms with Crippen molar-refractivity contribution in [3.05, 3.63) is 58.7 Å². The number of aromatic nitrogens is 2. The lowest BCUT2D eigenvalue weighted by molar-refractivity contribution is -0.164. The van der Waals surface area contributed by atoms with Crippen molar-refractivity contribution in [2.45, 2.75) is 31.3 Å². The van der Waals surface area contributed by atoms with E-state index in [9.17, 15) is 9.90 Å². The van der Waals surface area contributed by atoms with Crippen LogP contribution in [0.1, 0.15) is 30.1 Å². The van der Waals surface area contributed by atoms with Crippen molar-refractivity contribution in [1.82, 2.24) is 15.1 Å². The van der Waals surface area contributed by atoms with Gasteiger partial charge in [0.1, 0.15) is 11.9 Å². The monoisotopic (exact) mass is 463 g/mol. The third kappa shape index (κ3) is 4.42. The zero-order chi connectivity index (χ0) is 22.9. The number of rotatable bonds is 6. The van der Waals surface area contributed by atoms with E-state index < -0.39 is 17.9 Å². The van der Waals surface area contributed by atoms with E-state index in [1.165, 1.54) is 12.3 Å². The van der Waals surface area contributed by atoms with Crippen molar-refractivity contribution in [3.63, 3.8) is 0 Å². The predicted molar refractivity (Wildman–Crippen MR) is 117 cm³/mol. The molecule has 1 aromatic heterocycles. The number of aliphatic hydroxyl groups excluding tert-OH is 1. The van der Waals surface area contributed by atoms with Crippen LogP contribution in [-0.4, -0.2) is 52.2 Å². The fraction of sp³-hybridized carbons (Fsp3) is 0.391. The van der Waals surface area contributed by atoms with Crippen LogP contribution in [0.15, 0.2) is 42.6 Å². The summed E-state index contributed by atoms with van der Waals surface area (Å²) in [6.07, 6.45) is -0.150. The van der Waals surface area contributed by atoms with Gasteiger partial charge in [0.05, 0.1) is 25.2 Å². The summed E-state index contributed by atoms with van der Waals surface area (Å²) >= 11 is 6.05. The summed E-state index contributed by atoms with van der Waals surface area (Å²) in [6.45, 7) is 0.438. The largest absolute Gasteiger partial charge is 0.497 e. The molecule has 4 rings (SSSR count). The van der Waals surface area contributed by atoms with Gasteiger partial charge in [0, 0.05) is 35.0 Å². The van der Waals surface area contributed by atoms with E-state index in [1.54, 1.807) is 30.2 Å². The van der Waals surface area contributed by atoms with Crippen LogP contribution >= 0.6 is 11.6 Å². The number of ether oxygens (including phenoxy) is 1. The number of amides is 1. The lowest BCUT2D eigenvalue weighted by Gasteiger charge is -2.38. The highest BCUT2D eigenvalue weighted by Crippen LogP contribution is 2.44. The number of aliphatic hydroxyl groups is 1. The van der Waals surface area contributed by atoms with Crippen LogP contribution in [0.4, 0.5) is 8.78 Å². The Hall–Kier alpha value is -2.71. The molecule has 2 heterocycles. The average molecular weight is 464 g/mol. The second-order valence-corrected chi connectivity index (χ2v) is 8.52. The molecule has 9 heteroatoms. The molecule has 0 bridgehead atoms. The number of likely N-dealkylation sites (tertiary alicyclic amines) is 1. The molecule has 1 saturated heterocycles. The Morgan fingerprint density at radius 3 is 2.66 bits per heavy atom. The van der Waals surface area contributed by atoms with Crippen LogP contribution < -0.4 is 4.74 Å². The second-order valence-electron chi connectivity index (χ2n) is 8.09. The van der Waals surface area contributed by atoms with Gasteiger partial charge in [0.2, 0.25) is 5.91 Å². The number of nitrogens with one attached hydrogen (secondary N) is 1. The number of piperidine rings is 1. The lowest BCUT2D eigenvalue weighted by Crippen LogP contribution is -2.45. The zero-order valence-corrected chi connectivity index (χ0v) is 18.3. The average Bonchev–Trinajstić information content (AvgIpc) is 3.27. The van der Waals surface area contributed by atoms with E-state index in [1.807, 2.05) is 12.1 Å². The van der Waals surface area contributed by atoms with Crippen molar-refractivity contribution in [2.24, 2.45) is 5.92 Å². The molecule has 2 N–H and O–H groups in total. The molecule has 1 aliphatic heterocycles. The highest BCUT2D eigenvalue weighted by Gasteiger charge is 2.48. The summed E-state index contributed by atoms with van der Waals surface area (Å²) in [6, 6.07) is 10.1. The van der Waals surface area contributed by atoms with E-state index in [2.05, 4.69) is 10.2 Å². The minimum absolute atomic E-state index is 0.0213. The maximum atomic E-state index is 15.3. The number of nitrogens with zero attached hydrogens (tertiary/aromatic N) is 2. The molecular formula is C23H24ClF2N3O3. The Morgan fingerprint density at radius 1 is 1.31 bits per heavy atom. The number of alkyl halides is 2. The number of H-pyrrole nitrogens is 1. The number of fused-ring (bicyclic) bond motifs is 1. The van der Waals surface area contributed by atoms with Crippen molar-refractivity contribution in [3.8, 4) is 5.75 Å². The SMILES string of the molecule is COc1ccc(CC(=O)N2CCC(C(F)(F)C(O)c3cc(Cl)cc4cn[nH]c34)CC2)cc1. The van der Waals surface area contributed by atoms with Crippen molar-refractivity contribution >= 4 is 28.4 Å². The number of methoxy groups -OCH3 is 1. The van der Waals surface area contributed by atoms with E-state index in [-0.39, 0.29) is 48.8 Å². The molecule has 1 aliphatic rings. The maximum Gasteiger partial charge on any atom is 0.280 e. The fourth-order valence-electron chi connectivity index (χ4n) is 4.24. The highest BCUT2D eigenvalue weighted by atomic mass is 35.5. The minimum Gasteiger partial charge on any atom is -0.497 e. The molecule has 0 spiro atoms. The minimum atomic E-state index is -3.38. The number of halogens is 3. The molecule has 0 saturated carbocycles. The normalized spacial score (nSPS) is 16.3. The molecule has 1 unspecified atom stereocenters. The second kappa shape index (κ2) is 9.03. The molecule has 6 nitrogen and oxygen atoms in total. The van der Waals surface area contributed by atoms with Crippen molar-refractivity contribution in [2.75, 3.05) is 20.2 Å². The number of carbonyl (C=O) groups excluding carboxylic acids is 1. The summed E-state index contributed by atoms with van der Waals surface area (Å²) in [5.74, 6) is -3.84. The summed E-state index contributed by atoms with van der Waals surface area (Å²) in [4.78, 5) is 14.2. The van der Waals surface area contributed by atoms with Gasteiger partial charge in [-0.3, -0.25) is 9.89 Å². The highest BCUT2D eigenvalue weighted by molar-refractivity contribution is 6.31. The lowest BCUT2D eigenvalue weighted by atomic mass is 9.84. The van der Waals surface area contributed by atoms with Crippen LogP contribution in [0.2, 0.25) is 5.02 Å². The topological polar surface area (TPSA) is 78.4 Å². The predicted octanol–water partition coefficient (Wildman–Crippen LogP) is 4.37. The van der Waals surface area contributed by atoms with Crippen LogP contribution in [0.3, 0.4) is 0 Å². The molecule has 1 amide bonds. The van der Waals surface area contributed by atoms with Gasteiger partial charge in [0.25, 0.3) is 5.92 Å². The van der Waals surface area contributed by atoms with E-state index in [4.69, 9.17) is 16.3 Å². The fourth-order valence-corrected chi connectivity index (χ4v) is 4.47. The van der Waals surface area contributed by atoms with Crippen LogP contribution in [0.5, 0.6) is 5.75 Å². The zero-order valence-electron chi connectivity index (χ0n) is 17.5. The van der Waals surface area contributed by atoms with Gasteiger partial charge >= 0.3 is 0 Å². The van der Waals surface area contributed by atoms with Gasteiger partial charge in [-0.15, -0.1) is 0 Å². The molecule has 1 fully saturated rings. The number of hydrogen-bond acceptors (Lipinski definition) is 4. The molecule has 0 aliphatic carbocycles. The number of hydrogen-bond donors (Lipinski definition) is 2. The van der Waals surface area contributed by atoms with Crippen LogP contribution in [0.25, 0.3) is 10.9 Å². The summed E-state index contributed by atoms with van der Waals surface area (Å²) in [5.41, 5.74) is 1.20. The third-order valence-corrected chi connectivity index (χ3v) is 6.33. The quantitative estimate of drug-likeness (QED) is 0.569. The standard InChI is InChI=1S/C23H24ClF2N3O3/c1-32-18-4-2-14(3-5-18)10-20(30)29-8-6-16(7-9-29)23(25,26)22(31)19-12-17(24)11-15-13-27-28-21(15)19/h2-5,11-13,16,22,31H,6-10H2,1H3,(H,27,28). The number of benzene rings is 2. The molecule has 170 valence electrons. The first kappa shape index (κ1) is 22.5. The first-order valence-electron chi connectivity index (χ1n) is 10.4. The Balaban J connectivity index is 1.41. The van der Waals surface area contributed by atoms with E-state index in [0.29, 0.717) is 16.7 Å². The number of aromatic amines is 1. The van der Waals surface area contributed by atoms with Crippen molar-refractivity contribution < 1.29 is 23.4 Å². The molecule has 32 heavy (non-hydrogen) atoms. The summed E-state index contributed by atoms with van der Waals surface area (Å²) in [5, 5.41) is 17.9. The smallest absolute Gasteiger partial charge is 0.280 e. The van der Waals surface area contributed by atoms with Gasteiger partial charge in [-0.2, -0.15) is 5.10 Å². The first-order valence-corrected chi connectivity index (χ1v) is 10.8. The van der Waals surface area contributed by atoms with E-state index in [0.717, 1.165) is 5.56 Å². The van der Waals surface area contributed by atoms with E-state index >= 15 is 8.78 Å². The first-order chi connectivity index (χ1) is 15.3. The Labute approximate surface area is 189 Å². The number of carbonyl (C=O) groups is 1. The van der Waals surface area contributed by atoms with Gasteiger partial charge in [0.15, 0.2) is 0 Å². The Morgan fingerprint density at radius 2 is 2.00 bits per heavy atom. The molecule has 0 radical (unpaired) electrons. The van der Waals surface area contributed by atoms with Gasteiger partial charge in [-0.1, -0.05) is 23.7 Å². The van der Waals surface area contributed by atoms with Crippen LogP contribution in [-0.2, 0) is 11.2 Å². The van der Waals surface area contributed by atoms with Gasteiger partial charge in [-0.05, 0) is 42.7 Å². The Bertz CT molecular complexity index is 1100. The summed E-state index contributed by atoms with van der Waals surface area (Å²) in [7, 11) is 1.57. The van der Waals surface area contributed by atoms with Crippen molar-refractivity contribution in [1.29, 1.82) is 0 Å². The molecular weight excluding hydrogens is 440 g/mol. The third-order valence-electron chi connectivity index (χ3n) is 6.11. The van der Waals surface area contributed by atoms with Gasteiger partial charge in [-0.25, -0.2) is 8.78 Å². The van der Waals surface area contributed by atoms with Crippen LogP contribution in [0, 0.1) is 5.92 Å². The molecule has 1 atom stereocenters. The maximum absolute atomic E-state index is 15.3. The Kier molecular flexibility index (Phi) is 6.35. The van der Waals surface area contributed by atoms with Gasteiger partial charge < -0.3 is 14.7 Å². The molecule has 2 aromatic carbocycles. The molecule has 3 aromatic rings. The summed E-state index contributed by atoms with van der Waals surface area (Å²) < 4.78 is 35.6.